The molecule has 0 spiro atoms. The molecule has 0 heterocycles. The van der Waals surface area contributed by atoms with Crippen molar-refractivity contribution < 1.29 is 14.6 Å². The Kier molecular flexibility index (Phi) is 7.30. The summed E-state index contributed by atoms with van der Waals surface area (Å²) in [7, 11) is 1.48. The molecular formula is C27H48N2O3. The fourth-order valence-corrected chi connectivity index (χ4v) is 9.30. The van der Waals surface area contributed by atoms with E-state index in [0.717, 1.165) is 37.8 Å². The Balaban J connectivity index is 1.48. The molecule has 4 aliphatic carbocycles. The molecule has 0 bridgehead atoms. The van der Waals surface area contributed by atoms with Crippen LogP contribution in [0.5, 0.6) is 0 Å². The van der Waals surface area contributed by atoms with E-state index in [0.29, 0.717) is 41.5 Å². The van der Waals surface area contributed by atoms with Crippen molar-refractivity contribution >= 4 is 5.97 Å². The summed E-state index contributed by atoms with van der Waals surface area (Å²) in [5, 5.41) is 15.4. The molecule has 10 unspecified atom stereocenters. The van der Waals surface area contributed by atoms with Gasteiger partial charge >= 0.3 is 5.97 Å². The predicted octanol–water partition coefficient (Wildman–Crippen LogP) is 4.12. The first-order chi connectivity index (χ1) is 15.3. The van der Waals surface area contributed by atoms with E-state index in [1.807, 2.05) is 0 Å². The predicted molar refractivity (Wildman–Crippen MR) is 128 cm³/mol. The second-order valence-electron chi connectivity index (χ2n) is 12.3. The van der Waals surface area contributed by atoms with Crippen molar-refractivity contribution in [3.05, 3.63) is 0 Å². The highest BCUT2D eigenvalue weighted by Crippen LogP contribution is 2.68. The van der Waals surface area contributed by atoms with Gasteiger partial charge in [-0.15, -0.1) is 0 Å². The number of rotatable bonds is 7. The van der Waals surface area contributed by atoms with E-state index >= 15 is 0 Å². The highest BCUT2D eigenvalue weighted by Gasteiger charge is 2.63. The molecule has 32 heavy (non-hydrogen) atoms. The van der Waals surface area contributed by atoms with Gasteiger partial charge in [-0.3, -0.25) is 4.79 Å². The van der Waals surface area contributed by atoms with Gasteiger partial charge in [0.25, 0.3) is 0 Å². The Labute approximate surface area is 195 Å². The SMILES string of the molecule is COC(=O)CCC(C)C1CCC2C3CCC4CC(NCCN)CCC4(C)C3CC(O)C12C. The van der Waals surface area contributed by atoms with Gasteiger partial charge in [0.1, 0.15) is 0 Å². The van der Waals surface area contributed by atoms with Gasteiger partial charge in [-0.2, -0.15) is 0 Å². The zero-order valence-corrected chi connectivity index (χ0v) is 20.9. The molecule has 5 heteroatoms. The zero-order valence-electron chi connectivity index (χ0n) is 20.9. The third-order valence-corrected chi connectivity index (χ3v) is 11.1. The van der Waals surface area contributed by atoms with Crippen LogP contribution in [0.1, 0.15) is 85.0 Å². The molecule has 0 amide bonds. The van der Waals surface area contributed by atoms with Gasteiger partial charge in [0, 0.05) is 25.6 Å². The topological polar surface area (TPSA) is 84.6 Å². The number of methoxy groups -OCH3 is 1. The van der Waals surface area contributed by atoms with Crippen LogP contribution in [0, 0.1) is 46.3 Å². The highest BCUT2D eigenvalue weighted by molar-refractivity contribution is 5.69. The molecule has 4 aliphatic rings. The first-order valence-electron chi connectivity index (χ1n) is 13.4. The molecule has 4 N–H and O–H groups in total. The van der Waals surface area contributed by atoms with Crippen molar-refractivity contribution in [1.29, 1.82) is 0 Å². The van der Waals surface area contributed by atoms with Crippen molar-refractivity contribution in [2.75, 3.05) is 20.2 Å². The standard InChI is InChI=1S/C27H48N2O3/c1-17(5-10-25(31)32-4)21-8-9-22-20-7-6-18-15-19(29-14-13-28)11-12-26(18,2)23(20)16-24(30)27(21,22)3/h17-24,29-30H,5-16,28H2,1-4H3. The molecule has 5 nitrogen and oxygen atoms in total. The van der Waals surface area contributed by atoms with Crippen LogP contribution in [0.2, 0.25) is 0 Å². The minimum atomic E-state index is -0.217. The number of carbonyl (C=O) groups excluding carboxylic acids is 1. The molecule has 0 radical (unpaired) electrons. The summed E-state index contributed by atoms with van der Waals surface area (Å²) in [6.45, 7) is 8.90. The Morgan fingerprint density at radius 1 is 1.16 bits per heavy atom. The quantitative estimate of drug-likeness (QED) is 0.510. The molecule has 0 saturated heterocycles. The molecule has 0 aromatic heterocycles. The van der Waals surface area contributed by atoms with Crippen molar-refractivity contribution in [2.24, 2.45) is 52.1 Å². The lowest BCUT2D eigenvalue weighted by atomic mass is 9.43. The number of aliphatic hydroxyl groups excluding tert-OH is 1. The fourth-order valence-electron chi connectivity index (χ4n) is 9.30. The first kappa shape index (κ1) is 24.5. The van der Waals surface area contributed by atoms with Gasteiger partial charge in [0.05, 0.1) is 13.2 Å². The maximum atomic E-state index is 11.7. The molecule has 4 rings (SSSR count). The molecular weight excluding hydrogens is 400 g/mol. The van der Waals surface area contributed by atoms with E-state index in [1.165, 1.54) is 52.1 Å². The summed E-state index contributed by atoms with van der Waals surface area (Å²) in [6.07, 6.45) is 11.1. The van der Waals surface area contributed by atoms with Crippen LogP contribution in [-0.4, -0.2) is 43.4 Å². The lowest BCUT2D eigenvalue weighted by Gasteiger charge is -2.62. The number of aliphatic hydroxyl groups is 1. The smallest absolute Gasteiger partial charge is 0.305 e. The molecule has 184 valence electrons. The molecule has 0 aliphatic heterocycles. The third kappa shape index (κ3) is 4.05. The van der Waals surface area contributed by atoms with Crippen LogP contribution >= 0.6 is 0 Å². The number of fused-ring (bicyclic) bond motifs is 5. The summed E-state index contributed by atoms with van der Waals surface area (Å²) >= 11 is 0. The summed E-state index contributed by atoms with van der Waals surface area (Å²) in [6, 6.07) is 0.624. The second kappa shape index (κ2) is 9.54. The maximum Gasteiger partial charge on any atom is 0.305 e. The van der Waals surface area contributed by atoms with E-state index in [1.54, 1.807) is 0 Å². The van der Waals surface area contributed by atoms with Gasteiger partial charge < -0.3 is 20.9 Å². The van der Waals surface area contributed by atoms with Crippen LogP contribution < -0.4 is 11.1 Å². The number of esters is 1. The van der Waals surface area contributed by atoms with Gasteiger partial charge in [-0.1, -0.05) is 20.8 Å². The largest absolute Gasteiger partial charge is 0.469 e. The van der Waals surface area contributed by atoms with Crippen molar-refractivity contribution in [1.82, 2.24) is 5.32 Å². The second-order valence-corrected chi connectivity index (χ2v) is 12.3. The van der Waals surface area contributed by atoms with Crippen LogP contribution in [0.4, 0.5) is 0 Å². The number of ether oxygens (including phenoxy) is 1. The summed E-state index contributed by atoms with van der Waals surface area (Å²) in [5.74, 6) is 3.68. The Morgan fingerprint density at radius 3 is 2.66 bits per heavy atom. The minimum absolute atomic E-state index is 0.000215. The fraction of sp³-hybridized carbons (Fsp3) is 0.963. The Hall–Kier alpha value is -0.650. The monoisotopic (exact) mass is 448 g/mol. The van der Waals surface area contributed by atoms with Gasteiger partial charge in [-0.05, 0) is 104 Å². The minimum Gasteiger partial charge on any atom is -0.469 e. The average molecular weight is 449 g/mol. The lowest BCUT2D eigenvalue weighted by molar-refractivity contribution is -0.170. The number of hydrogen-bond donors (Lipinski definition) is 3. The molecule has 10 atom stereocenters. The van der Waals surface area contributed by atoms with Crippen LogP contribution in [0.3, 0.4) is 0 Å². The third-order valence-electron chi connectivity index (χ3n) is 11.1. The Morgan fingerprint density at radius 2 is 1.94 bits per heavy atom. The normalized spacial score (nSPS) is 46.6. The average Bonchev–Trinajstić information content (AvgIpc) is 3.15. The van der Waals surface area contributed by atoms with E-state index in [-0.39, 0.29) is 17.5 Å². The number of carbonyl (C=O) groups is 1. The van der Waals surface area contributed by atoms with Crippen LogP contribution in [0.15, 0.2) is 0 Å². The molecule has 0 aromatic rings. The van der Waals surface area contributed by atoms with Crippen molar-refractivity contribution in [2.45, 2.75) is 97.1 Å². The van der Waals surface area contributed by atoms with Gasteiger partial charge in [0.2, 0.25) is 0 Å². The van der Waals surface area contributed by atoms with Gasteiger partial charge in [-0.25, -0.2) is 0 Å². The molecule has 0 aromatic carbocycles. The van der Waals surface area contributed by atoms with Crippen molar-refractivity contribution in [3.8, 4) is 0 Å². The highest BCUT2D eigenvalue weighted by atomic mass is 16.5. The summed E-state index contributed by atoms with van der Waals surface area (Å²) in [4.78, 5) is 11.7. The summed E-state index contributed by atoms with van der Waals surface area (Å²) in [5.41, 5.74) is 6.10. The van der Waals surface area contributed by atoms with Crippen LogP contribution in [-0.2, 0) is 9.53 Å². The van der Waals surface area contributed by atoms with Gasteiger partial charge in [0.15, 0.2) is 0 Å². The van der Waals surface area contributed by atoms with E-state index in [4.69, 9.17) is 10.5 Å². The lowest BCUT2D eigenvalue weighted by Crippen LogP contribution is -2.59. The van der Waals surface area contributed by atoms with E-state index in [2.05, 4.69) is 26.1 Å². The number of nitrogens with one attached hydrogen (secondary N) is 1. The molecule has 4 fully saturated rings. The summed E-state index contributed by atoms with van der Waals surface area (Å²) < 4.78 is 4.88. The number of hydrogen-bond acceptors (Lipinski definition) is 5. The van der Waals surface area contributed by atoms with E-state index in [9.17, 15) is 9.90 Å². The van der Waals surface area contributed by atoms with Crippen molar-refractivity contribution in [3.63, 3.8) is 0 Å². The number of nitrogens with two attached hydrogens (primary N) is 1. The maximum absolute atomic E-state index is 11.7. The first-order valence-corrected chi connectivity index (χ1v) is 13.4. The van der Waals surface area contributed by atoms with Crippen LogP contribution in [0.25, 0.3) is 0 Å². The van der Waals surface area contributed by atoms with E-state index < -0.39 is 0 Å². The zero-order chi connectivity index (χ0) is 23.1. The molecule has 4 saturated carbocycles. The Bertz CT molecular complexity index is 671.